The summed E-state index contributed by atoms with van der Waals surface area (Å²) in [5, 5.41) is 0. The Hall–Kier alpha value is -1.60. The summed E-state index contributed by atoms with van der Waals surface area (Å²) in [6.07, 6.45) is 1.02. The van der Waals surface area contributed by atoms with E-state index in [1.165, 1.54) is 22.3 Å². The van der Waals surface area contributed by atoms with Crippen molar-refractivity contribution in [2.45, 2.75) is 25.3 Å². The first-order valence-corrected chi connectivity index (χ1v) is 6.21. The molecule has 1 aliphatic rings. The first-order chi connectivity index (χ1) is 8.27. The van der Waals surface area contributed by atoms with Crippen molar-refractivity contribution in [1.29, 1.82) is 0 Å². The molecule has 0 saturated carbocycles. The molecule has 0 heterocycles. The van der Waals surface area contributed by atoms with Crippen LogP contribution in [0.25, 0.3) is 11.1 Å². The summed E-state index contributed by atoms with van der Waals surface area (Å²) >= 11 is 0. The standard InChI is InChI=1S/C16H17N/c1-11(17)10-16-14-8-4-2-6-12(14)13-7-3-5-9-15(13)16/h2-9,11,16H,10,17H2,1H3/t11-/m1/s1. The maximum absolute atomic E-state index is 5.99. The SMILES string of the molecule is C[C@@H](N)CC1c2ccccc2-c2ccccc21. The van der Waals surface area contributed by atoms with E-state index in [4.69, 9.17) is 5.73 Å². The van der Waals surface area contributed by atoms with Gasteiger partial charge >= 0.3 is 0 Å². The maximum atomic E-state index is 5.99. The molecular weight excluding hydrogens is 206 g/mol. The van der Waals surface area contributed by atoms with Crippen molar-refractivity contribution in [3.05, 3.63) is 59.7 Å². The molecule has 17 heavy (non-hydrogen) atoms. The molecule has 2 aromatic rings. The molecule has 0 amide bonds. The van der Waals surface area contributed by atoms with E-state index in [0.29, 0.717) is 5.92 Å². The first kappa shape index (κ1) is 10.5. The van der Waals surface area contributed by atoms with Crippen molar-refractivity contribution in [3.8, 4) is 11.1 Å². The van der Waals surface area contributed by atoms with Crippen LogP contribution in [-0.2, 0) is 0 Å². The molecule has 1 aliphatic carbocycles. The highest BCUT2D eigenvalue weighted by Crippen LogP contribution is 2.46. The summed E-state index contributed by atoms with van der Waals surface area (Å²) in [4.78, 5) is 0. The van der Waals surface area contributed by atoms with E-state index < -0.39 is 0 Å². The van der Waals surface area contributed by atoms with Crippen LogP contribution < -0.4 is 5.73 Å². The molecule has 1 heteroatoms. The first-order valence-electron chi connectivity index (χ1n) is 6.21. The Morgan fingerprint density at radius 2 is 1.41 bits per heavy atom. The van der Waals surface area contributed by atoms with Crippen LogP contribution in [-0.4, -0.2) is 6.04 Å². The fraction of sp³-hybridized carbons (Fsp3) is 0.250. The average Bonchev–Trinajstić information content (AvgIpc) is 2.65. The highest BCUT2D eigenvalue weighted by atomic mass is 14.6. The van der Waals surface area contributed by atoms with E-state index in [9.17, 15) is 0 Å². The number of benzene rings is 2. The molecule has 0 unspecified atom stereocenters. The molecule has 0 bridgehead atoms. The summed E-state index contributed by atoms with van der Waals surface area (Å²) < 4.78 is 0. The molecule has 1 nitrogen and oxygen atoms in total. The number of fused-ring (bicyclic) bond motifs is 3. The van der Waals surface area contributed by atoms with E-state index >= 15 is 0 Å². The lowest BCUT2D eigenvalue weighted by atomic mass is 9.91. The Balaban J connectivity index is 2.17. The van der Waals surface area contributed by atoms with E-state index in [2.05, 4.69) is 55.5 Å². The molecule has 2 aromatic carbocycles. The number of rotatable bonds is 2. The monoisotopic (exact) mass is 223 g/mol. The molecule has 3 rings (SSSR count). The lowest BCUT2D eigenvalue weighted by Gasteiger charge is -2.15. The van der Waals surface area contributed by atoms with E-state index in [0.717, 1.165) is 6.42 Å². The molecular formula is C16H17N. The normalized spacial score (nSPS) is 15.4. The highest BCUT2D eigenvalue weighted by molar-refractivity contribution is 5.78. The van der Waals surface area contributed by atoms with Gasteiger partial charge in [0.25, 0.3) is 0 Å². The summed E-state index contributed by atoms with van der Waals surface area (Å²) in [5.41, 5.74) is 11.6. The lowest BCUT2D eigenvalue weighted by molar-refractivity contribution is 0.616. The molecule has 0 saturated heterocycles. The average molecular weight is 223 g/mol. The smallest absolute Gasteiger partial charge is 0.0116 e. The topological polar surface area (TPSA) is 26.0 Å². The van der Waals surface area contributed by atoms with E-state index in [-0.39, 0.29) is 6.04 Å². The summed E-state index contributed by atoms with van der Waals surface area (Å²) in [7, 11) is 0. The van der Waals surface area contributed by atoms with Crippen molar-refractivity contribution < 1.29 is 0 Å². The van der Waals surface area contributed by atoms with Crippen molar-refractivity contribution in [3.63, 3.8) is 0 Å². The van der Waals surface area contributed by atoms with Crippen LogP contribution in [0.3, 0.4) is 0 Å². The molecule has 1 atom stereocenters. The third-order valence-electron chi connectivity index (χ3n) is 3.57. The van der Waals surface area contributed by atoms with Crippen LogP contribution in [0.5, 0.6) is 0 Å². The molecule has 0 aliphatic heterocycles. The quantitative estimate of drug-likeness (QED) is 0.828. The summed E-state index contributed by atoms with van der Waals surface area (Å²) in [5.74, 6) is 0.474. The highest BCUT2D eigenvalue weighted by Gasteiger charge is 2.28. The van der Waals surface area contributed by atoms with Gasteiger partial charge in [0, 0.05) is 12.0 Å². The van der Waals surface area contributed by atoms with E-state index in [1.54, 1.807) is 0 Å². The van der Waals surface area contributed by atoms with Crippen molar-refractivity contribution in [1.82, 2.24) is 0 Å². The van der Waals surface area contributed by atoms with Gasteiger partial charge in [-0.2, -0.15) is 0 Å². The number of hydrogen-bond acceptors (Lipinski definition) is 1. The fourth-order valence-corrected chi connectivity index (χ4v) is 2.89. The van der Waals surface area contributed by atoms with Crippen molar-refractivity contribution in [2.75, 3.05) is 0 Å². The van der Waals surface area contributed by atoms with Gasteiger partial charge in [0.1, 0.15) is 0 Å². The third-order valence-corrected chi connectivity index (χ3v) is 3.57. The summed E-state index contributed by atoms with van der Waals surface area (Å²) in [6, 6.07) is 17.6. The van der Waals surface area contributed by atoms with Crippen LogP contribution in [0, 0.1) is 0 Å². The van der Waals surface area contributed by atoms with Crippen LogP contribution in [0.1, 0.15) is 30.4 Å². The lowest BCUT2D eigenvalue weighted by Crippen LogP contribution is -2.18. The molecule has 0 spiro atoms. The fourth-order valence-electron chi connectivity index (χ4n) is 2.89. The van der Waals surface area contributed by atoms with Gasteiger partial charge in [-0.25, -0.2) is 0 Å². The van der Waals surface area contributed by atoms with Gasteiger partial charge in [-0.05, 0) is 35.6 Å². The number of hydrogen-bond donors (Lipinski definition) is 1. The van der Waals surface area contributed by atoms with E-state index in [1.807, 2.05) is 0 Å². The second-order valence-corrected chi connectivity index (χ2v) is 4.94. The zero-order chi connectivity index (χ0) is 11.8. The maximum Gasteiger partial charge on any atom is 0.0116 e. The molecule has 86 valence electrons. The predicted molar refractivity (Wildman–Crippen MR) is 72.0 cm³/mol. The minimum Gasteiger partial charge on any atom is -0.328 e. The largest absolute Gasteiger partial charge is 0.328 e. The van der Waals surface area contributed by atoms with Gasteiger partial charge < -0.3 is 5.73 Å². The summed E-state index contributed by atoms with van der Waals surface area (Å²) in [6.45, 7) is 2.09. The van der Waals surface area contributed by atoms with Crippen molar-refractivity contribution in [2.24, 2.45) is 5.73 Å². The van der Waals surface area contributed by atoms with Gasteiger partial charge in [-0.1, -0.05) is 48.5 Å². The molecule has 0 fully saturated rings. The van der Waals surface area contributed by atoms with Gasteiger partial charge in [0.2, 0.25) is 0 Å². The molecule has 0 radical (unpaired) electrons. The zero-order valence-electron chi connectivity index (χ0n) is 10.1. The zero-order valence-corrected chi connectivity index (χ0v) is 10.1. The van der Waals surface area contributed by atoms with Crippen LogP contribution in [0.15, 0.2) is 48.5 Å². The minimum atomic E-state index is 0.235. The van der Waals surface area contributed by atoms with Gasteiger partial charge in [0.15, 0.2) is 0 Å². The van der Waals surface area contributed by atoms with Gasteiger partial charge in [0.05, 0.1) is 0 Å². The predicted octanol–water partition coefficient (Wildman–Crippen LogP) is 3.54. The van der Waals surface area contributed by atoms with Crippen LogP contribution >= 0.6 is 0 Å². The minimum absolute atomic E-state index is 0.235. The van der Waals surface area contributed by atoms with Gasteiger partial charge in [-0.15, -0.1) is 0 Å². The number of nitrogens with two attached hydrogens (primary N) is 1. The Morgan fingerprint density at radius 1 is 0.941 bits per heavy atom. The van der Waals surface area contributed by atoms with Crippen LogP contribution in [0.4, 0.5) is 0 Å². The molecule has 2 N–H and O–H groups in total. The van der Waals surface area contributed by atoms with Crippen molar-refractivity contribution >= 4 is 0 Å². The van der Waals surface area contributed by atoms with Crippen LogP contribution in [0.2, 0.25) is 0 Å². The third kappa shape index (κ3) is 1.67. The Bertz CT molecular complexity index is 497. The van der Waals surface area contributed by atoms with Gasteiger partial charge in [-0.3, -0.25) is 0 Å². The second kappa shape index (κ2) is 4.01. The Labute approximate surface area is 102 Å². The Kier molecular flexibility index (Phi) is 2.49. The second-order valence-electron chi connectivity index (χ2n) is 4.94. The molecule has 0 aromatic heterocycles. The Morgan fingerprint density at radius 3 is 1.88 bits per heavy atom.